The zero-order valence-corrected chi connectivity index (χ0v) is 24.8. The third kappa shape index (κ3) is 8.24. The summed E-state index contributed by atoms with van der Waals surface area (Å²) in [7, 11) is -2.12. The first kappa shape index (κ1) is 31.3. The number of aromatic nitrogens is 6. The molecule has 0 aliphatic carbocycles. The molecule has 0 saturated carbocycles. The van der Waals surface area contributed by atoms with Crippen molar-refractivity contribution in [1.82, 2.24) is 19.6 Å². The molecule has 220 valence electrons. The lowest BCUT2D eigenvalue weighted by atomic mass is 10.2. The number of aromatic amines is 1. The molecule has 6 rings (SSSR count). The van der Waals surface area contributed by atoms with Crippen molar-refractivity contribution in [1.29, 1.82) is 0 Å². The van der Waals surface area contributed by atoms with Gasteiger partial charge in [-0.2, -0.15) is 4.57 Å². The average Bonchev–Trinajstić information content (AvgIpc) is 3.47. The Kier molecular flexibility index (Phi) is 10.2. The van der Waals surface area contributed by atoms with Gasteiger partial charge in [0.25, 0.3) is 11.6 Å². The molecule has 2 aromatic heterocycles. The smallest absolute Gasteiger partial charge is 0.673 e. The number of halogens is 4. The van der Waals surface area contributed by atoms with Crippen molar-refractivity contribution in [2.75, 3.05) is 0 Å². The largest absolute Gasteiger partial charge is 0.702 e. The fraction of sp³-hybridized carbons (Fsp3) is 0.0667. The molecule has 13 heteroatoms. The topological polar surface area (TPSA) is 46.3 Å². The molecule has 0 atom stereocenters. The molecule has 0 fully saturated rings. The SMILES string of the molecule is Cn1[nH]c(=S)[n+](-c2ccccc2)c1-c1ccccc1.Cn1nc([S-])[n+](-c2ccccc2)c1-c1ccccc1.F[B-](F)(F)F. The van der Waals surface area contributed by atoms with Crippen LogP contribution in [0.2, 0.25) is 0 Å². The Morgan fingerprint density at radius 2 is 1.02 bits per heavy atom. The highest BCUT2D eigenvalue weighted by Gasteiger charge is 2.22. The van der Waals surface area contributed by atoms with Gasteiger partial charge in [0.15, 0.2) is 5.16 Å². The van der Waals surface area contributed by atoms with E-state index in [1.807, 2.05) is 118 Å². The van der Waals surface area contributed by atoms with Crippen LogP contribution in [0.25, 0.3) is 34.2 Å². The first-order valence-corrected chi connectivity index (χ1v) is 13.8. The van der Waals surface area contributed by atoms with Crippen LogP contribution < -0.4 is 9.13 Å². The Hall–Kier alpha value is -4.62. The van der Waals surface area contributed by atoms with Gasteiger partial charge in [0.05, 0.1) is 25.2 Å². The second-order valence-corrected chi connectivity index (χ2v) is 9.85. The van der Waals surface area contributed by atoms with Crippen molar-refractivity contribution in [2.24, 2.45) is 14.1 Å². The second-order valence-electron chi connectivity index (χ2n) is 9.10. The maximum atomic E-state index is 9.75. The summed E-state index contributed by atoms with van der Waals surface area (Å²) in [6, 6.07) is 40.6. The lowest BCUT2D eigenvalue weighted by molar-refractivity contribution is -0.625. The lowest BCUT2D eigenvalue weighted by Crippen LogP contribution is -2.34. The summed E-state index contributed by atoms with van der Waals surface area (Å²) >= 11 is 10.8. The molecule has 6 nitrogen and oxygen atoms in total. The summed E-state index contributed by atoms with van der Waals surface area (Å²) in [6.07, 6.45) is 0. The van der Waals surface area contributed by atoms with Crippen molar-refractivity contribution < 1.29 is 26.4 Å². The molecule has 0 spiro atoms. The molecule has 0 saturated heterocycles. The summed E-state index contributed by atoms with van der Waals surface area (Å²) in [4.78, 5) is 0. The highest BCUT2D eigenvalue weighted by molar-refractivity contribution is 7.71. The van der Waals surface area contributed by atoms with E-state index < -0.39 is 7.25 Å². The Labute approximate surface area is 257 Å². The minimum Gasteiger partial charge on any atom is -0.702 e. The van der Waals surface area contributed by atoms with Crippen LogP contribution in [-0.2, 0) is 26.7 Å². The number of hydrogen-bond acceptors (Lipinski definition) is 3. The van der Waals surface area contributed by atoms with E-state index in [1.165, 1.54) is 0 Å². The van der Waals surface area contributed by atoms with Crippen LogP contribution in [0.15, 0.2) is 126 Å². The fourth-order valence-electron chi connectivity index (χ4n) is 4.39. The van der Waals surface area contributed by atoms with E-state index in [-0.39, 0.29) is 0 Å². The van der Waals surface area contributed by atoms with Gasteiger partial charge in [0.1, 0.15) is 11.4 Å². The van der Waals surface area contributed by atoms with Crippen molar-refractivity contribution in [3.05, 3.63) is 126 Å². The summed E-state index contributed by atoms with van der Waals surface area (Å²) < 4.78 is 47.5. The highest BCUT2D eigenvalue weighted by atomic mass is 32.1. The molecular formula is C30H27BF4N6S2. The zero-order valence-electron chi connectivity index (χ0n) is 23.2. The fourth-order valence-corrected chi connectivity index (χ4v) is 5.03. The van der Waals surface area contributed by atoms with E-state index in [1.54, 1.807) is 0 Å². The average molecular weight is 623 g/mol. The molecule has 6 aromatic rings. The molecule has 2 heterocycles. The van der Waals surface area contributed by atoms with E-state index in [0.717, 1.165) is 34.2 Å². The number of H-pyrrole nitrogens is 1. The van der Waals surface area contributed by atoms with E-state index in [2.05, 4.69) is 46.6 Å². The summed E-state index contributed by atoms with van der Waals surface area (Å²) in [5.41, 5.74) is 4.31. The Morgan fingerprint density at radius 1 is 0.651 bits per heavy atom. The van der Waals surface area contributed by atoms with Crippen LogP contribution in [0.3, 0.4) is 0 Å². The van der Waals surface area contributed by atoms with Gasteiger partial charge in [-0.25, -0.2) is 4.57 Å². The van der Waals surface area contributed by atoms with Crippen molar-refractivity contribution in [3.8, 4) is 34.2 Å². The molecule has 1 N–H and O–H groups in total. The quantitative estimate of drug-likeness (QED) is 0.0793. The van der Waals surface area contributed by atoms with Crippen molar-refractivity contribution in [3.63, 3.8) is 0 Å². The molecule has 4 aromatic carbocycles. The van der Waals surface area contributed by atoms with Crippen LogP contribution in [-0.4, -0.2) is 26.8 Å². The number of hydrogen-bond donors (Lipinski definition) is 1. The molecule has 0 amide bonds. The van der Waals surface area contributed by atoms with E-state index in [9.17, 15) is 17.3 Å². The van der Waals surface area contributed by atoms with E-state index in [4.69, 9.17) is 24.8 Å². The highest BCUT2D eigenvalue weighted by Crippen LogP contribution is 2.18. The van der Waals surface area contributed by atoms with Gasteiger partial charge in [-0.1, -0.05) is 72.8 Å². The number of nitrogens with one attached hydrogen (secondary N) is 1. The molecule has 0 radical (unpaired) electrons. The van der Waals surface area contributed by atoms with Crippen molar-refractivity contribution >= 4 is 32.1 Å². The predicted molar refractivity (Wildman–Crippen MR) is 164 cm³/mol. The van der Waals surface area contributed by atoms with Gasteiger partial charge in [-0.05, 0) is 60.7 Å². The third-order valence-corrected chi connectivity index (χ3v) is 6.57. The number of benzene rings is 4. The molecule has 43 heavy (non-hydrogen) atoms. The Morgan fingerprint density at radius 3 is 1.47 bits per heavy atom. The monoisotopic (exact) mass is 622 g/mol. The maximum Gasteiger partial charge on any atom is 0.673 e. The van der Waals surface area contributed by atoms with Gasteiger partial charge in [0.2, 0.25) is 0 Å². The minimum atomic E-state index is -6.00. The second kappa shape index (κ2) is 14.0. The molecular weight excluding hydrogens is 595 g/mol. The van der Waals surface area contributed by atoms with Gasteiger partial charge in [0, 0.05) is 5.10 Å². The third-order valence-electron chi connectivity index (χ3n) is 6.03. The summed E-state index contributed by atoms with van der Waals surface area (Å²) in [5, 5.41) is 8.09. The Bertz CT molecular complexity index is 1740. The van der Waals surface area contributed by atoms with Crippen LogP contribution in [0.1, 0.15) is 0 Å². The van der Waals surface area contributed by atoms with Gasteiger partial charge in [-0.3, -0.25) is 0 Å². The van der Waals surface area contributed by atoms with E-state index >= 15 is 0 Å². The van der Waals surface area contributed by atoms with Crippen LogP contribution in [0.5, 0.6) is 0 Å². The number of nitrogens with zero attached hydrogens (tertiary/aromatic N) is 5. The zero-order chi connectivity index (χ0) is 31.0. The number of aryl methyl sites for hydroxylation is 2. The molecule has 0 bridgehead atoms. The minimum absolute atomic E-state index is 0.563. The van der Waals surface area contributed by atoms with Gasteiger partial charge in [-0.15, -0.1) is 14.5 Å². The predicted octanol–water partition coefficient (Wildman–Crippen LogP) is 6.60. The maximum absolute atomic E-state index is 9.75. The Balaban J connectivity index is 0.000000171. The van der Waals surface area contributed by atoms with E-state index in [0.29, 0.717) is 9.93 Å². The number of rotatable bonds is 4. The molecule has 0 aliphatic heterocycles. The molecule has 0 aliphatic rings. The van der Waals surface area contributed by atoms with Gasteiger partial charge < -0.3 is 29.9 Å². The standard InChI is InChI=1S/2C15H13N3S.BF4/c2*1-17-14(12-8-4-2-5-9-12)18(15(19)16-17)13-10-6-3-7-11-13;2-1(3,4)5/h2*2-11H,1H3;/q;;-1/p+1. The van der Waals surface area contributed by atoms with Crippen LogP contribution in [0, 0.1) is 4.77 Å². The normalized spacial score (nSPS) is 10.7. The first-order valence-electron chi connectivity index (χ1n) is 13.0. The summed E-state index contributed by atoms with van der Waals surface area (Å²) in [6.45, 7) is 0. The summed E-state index contributed by atoms with van der Waals surface area (Å²) in [5.74, 6) is 2.02. The van der Waals surface area contributed by atoms with Crippen LogP contribution >= 0.6 is 12.2 Å². The van der Waals surface area contributed by atoms with Crippen molar-refractivity contribution in [2.45, 2.75) is 5.16 Å². The lowest BCUT2D eigenvalue weighted by Gasteiger charge is -2.06. The molecule has 0 unspecified atom stereocenters. The first-order chi connectivity index (χ1) is 20.5. The van der Waals surface area contributed by atoms with Gasteiger partial charge >= 0.3 is 12.0 Å². The number of para-hydroxylation sites is 2. The van der Waals surface area contributed by atoms with Crippen LogP contribution in [0.4, 0.5) is 17.3 Å².